The van der Waals surface area contributed by atoms with Gasteiger partial charge in [-0.1, -0.05) is 113 Å². The molecule has 534 valence electrons. The standard InChI is InChI=1S/C26H37NO6.2C25H35NO6/c1-7-14(3)17-9-8-16-11-13(2)10-15(4)19(16)20(17)23(29)21-22(28)18(27-24(21)30)12-26(5,32)25(31)33-6;2*1-6-13(3)16-8-7-15-10-12(2)9-14(4)18(15)19(16)22(28)20-21(27)17(26-23(20)29)11-25(5,32)24(30)31/h7-9,13,15-20,29,32H,10-12H2,1-6H3,(H,27,30);2*6-8,12,14-19,28,32H,9-11H2,1-5H3,(H,26,29)(H,30,31)/b14-7+,23-21-;2*13-6+,22-20-/t13-,15+,16-,17+,18-,19-,20-,26-;12-,14+,15-,16+,17-,18-,19-,25+;12-,14+,15-,16+,17-,18-,19-,25-/m111/s1. The zero-order valence-electron chi connectivity index (χ0n) is 59.3. The molecule has 0 spiro atoms. The number of amides is 3. The van der Waals surface area contributed by atoms with Gasteiger partial charge in [0.15, 0.2) is 34.2 Å². The van der Waals surface area contributed by atoms with Crippen LogP contribution >= 0.6 is 0 Å². The lowest BCUT2D eigenvalue weighted by Gasteiger charge is -2.47. The van der Waals surface area contributed by atoms with E-state index in [1.54, 1.807) is 0 Å². The van der Waals surface area contributed by atoms with E-state index in [-0.39, 0.29) is 99.6 Å². The number of methoxy groups -OCH3 is 1. The summed E-state index contributed by atoms with van der Waals surface area (Å²) in [5.41, 5.74) is -3.94. The smallest absolute Gasteiger partial charge is 0.337 e. The lowest BCUT2D eigenvalue weighted by molar-refractivity contribution is -0.162. The number of allylic oxidation sites excluding steroid dienone is 15. The number of esters is 1. The topological polar surface area (TPSA) is 361 Å². The van der Waals surface area contributed by atoms with Gasteiger partial charge in [-0.25, -0.2) is 14.4 Å². The Hall–Kier alpha value is -7.23. The van der Waals surface area contributed by atoms with Crippen LogP contribution in [-0.4, -0.2) is 136 Å². The molecule has 21 nitrogen and oxygen atoms in total. The fourth-order valence-corrected chi connectivity index (χ4v) is 18.2. The van der Waals surface area contributed by atoms with Crippen LogP contribution < -0.4 is 16.0 Å². The van der Waals surface area contributed by atoms with Crippen LogP contribution in [0.2, 0.25) is 0 Å². The number of carbonyl (C=O) groups is 9. The molecule has 24 atom stereocenters. The number of ketones is 3. The first kappa shape index (κ1) is 77.1. The highest BCUT2D eigenvalue weighted by Gasteiger charge is 2.54. The second-order valence-corrected chi connectivity index (χ2v) is 30.8. The number of fused-ring (bicyclic) bond motifs is 3. The van der Waals surface area contributed by atoms with Gasteiger partial charge in [0.25, 0.3) is 17.7 Å². The van der Waals surface area contributed by atoms with Crippen LogP contribution in [0.15, 0.2) is 105 Å². The summed E-state index contributed by atoms with van der Waals surface area (Å²) in [6, 6.07) is -3.49. The number of rotatable bonds is 15. The maximum atomic E-state index is 13.2. The van der Waals surface area contributed by atoms with Crippen molar-refractivity contribution in [1.29, 1.82) is 0 Å². The number of carboxylic acid groups (broad SMARTS) is 2. The maximum absolute atomic E-state index is 13.2. The van der Waals surface area contributed by atoms with Crippen molar-refractivity contribution in [2.75, 3.05) is 7.11 Å². The molecular weight excluding hydrogens is 1240 g/mol. The molecule has 3 heterocycles. The molecular formula is C76H107N3O18. The van der Waals surface area contributed by atoms with Crippen molar-refractivity contribution in [1.82, 2.24) is 16.0 Å². The molecule has 0 aromatic rings. The number of hydrogen-bond acceptors (Lipinski definition) is 16. The summed E-state index contributed by atoms with van der Waals surface area (Å²) in [5, 5.41) is 90.8. The van der Waals surface area contributed by atoms with Crippen molar-refractivity contribution >= 4 is 53.0 Å². The van der Waals surface area contributed by atoms with Crippen LogP contribution in [0.25, 0.3) is 0 Å². The van der Waals surface area contributed by atoms with E-state index in [1.807, 2.05) is 59.8 Å². The first-order valence-electron chi connectivity index (χ1n) is 34.7. The number of hydrogen-bond donors (Lipinski definition) is 11. The van der Waals surface area contributed by atoms with Crippen LogP contribution in [0.3, 0.4) is 0 Å². The molecule has 6 aliphatic carbocycles. The second kappa shape index (κ2) is 30.5. The van der Waals surface area contributed by atoms with E-state index >= 15 is 0 Å². The summed E-state index contributed by atoms with van der Waals surface area (Å²) in [4.78, 5) is 112. The van der Waals surface area contributed by atoms with Gasteiger partial charge in [0.2, 0.25) is 0 Å². The minimum Gasteiger partial charge on any atom is -0.511 e. The fraction of sp³-hybridized carbons (Fsp3) is 0.645. The summed E-state index contributed by atoms with van der Waals surface area (Å²) in [6.07, 6.45) is 23.8. The number of carbonyl (C=O) groups excluding carboxylic acids is 7. The van der Waals surface area contributed by atoms with Gasteiger partial charge in [-0.05, 0) is 172 Å². The maximum Gasteiger partial charge on any atom is 0.337 e. The van der Waals surface area contributed by atoms with Crippen LogP contribution in [-0.2, 0) is 47.9 Å². The fourth-order valence-electron chi connectivity index (χ4n) is 18.2. The zero-order chi connectivity index (χ0) is 72.6. The SMILES string of the molecule is C/C=C(\C)[C@@H]1C=C[C@@H]2C[C@H](C)C[C@H](C)[C@H]2[C@@H]1/C(O)=C1/C(=O)N[C@H](C[C@@](C)(O)C(=O)O)C1=O.C/C=C(\C)[C@@H]1C=C[C@@H]2C[C@H](C)C[C@H](C)[C@H]2[C@@H]1/C(O)=C1/C(=O)N[C@H](C[C@@](C)(O)C(=O)OC)C1=O.C/C=C(\C)[C@@H]1C=C[C@@H]2C[C@H](C)C[C@H](C)[C@H]2[C@@H]1/C(O)=C1/C(=O)N[C@H](C[C@](C)(O)C(=O)O)C1=O. The van der Waals surface area contributed by atoms with E-state index in [0.29, 0.717) is 35.5 Å². The van der Waals surface area contributed by atoms with Crippen molar-refractivity contribution in [3.8, 4) is 0 Å². The highest BCUT2D eigenvalue weighted by Crippen LogP contribution is 2.55. The molecule has 6 fully saturated rings. The van der Waals surface area contributed by atoms with Crippen molar-refractivity contribution in [2.24, 2.45) is 107 Å². The highest BCUT2D eigenvalue weighted by molar-refractivity contribution is 6.28. The average molecular weight is 1350 g/mol. The number of ether oxygens (including phenoxy) is 1. The Morgan fingerprint density at radius 2 is 0.691 bits per heavy atom. The van der Waals surface area contributed by atoms with E-state index in [4.69, 9.17) is 0 Å². The van der Waals surface area contributed by atoms with Crippen LogP contribution in [0.1, 0.15) is 162 Å². The van der Waals surface area contributed by atoms with Gasteiger partial charge in [-0.15, -0.1) is 0 Å². The number of aliphatic hydroxyl groups is 6. The van der Waals surface area contributed by atoms with Gasteiger partial charge in [-0.2, -0.15) is 0 Å². The molecule has 3 aliphatic heterocycles. The predicted molar refractivity (Wildman–Crippen MR) is 363 cm³/mol. The van der Waals surface area contributed by atoms with Crippen molar-refractivity contribution in [2.45, 2.75) is 197 Å². The minimum absolute atomic E-state index is 0.0883. The molecule has 0 radical (unpaired) electrons. The molecule has 11 N–H and O–H groups in total. The molecule has 97 heavy (non-hydrogen) atoms. The molecule has 9 aliphatic rings. The number of carboxylic acids is 2. The molecule has 0 aromatic carbocycles. The quantitative estimate of drug-likeness (QED) is 0.0239. The first-order valence-corrected chi connectivity index (χ1v) is 34.7. The molecule has 3 amide bonds. The van der Waals surface area contributed by atoms with Crippen molar-refractivity contribution in [3.05, 3.63) is 105 Å². The third-order valence-corrected chi connectivity index (χ3v) is 23.2. The molecule has 21 heteroatoms. The van der Waals surface area contributed by atoms with Gasteiger partial charge in [-0.3, -0.25) is 28.8 Å². The van der Waals surface area contributed by atoms with Crippen LogP contribution in [0.5, 0.6) is 0 Å². The van der Waals surface area contributed by atoms with Gasteiger partial charge in [0, 0.05) is 54.8 Å². The number of nitrogens with one attached hydrogen (secondary N) is 3. The lowest BCUT2D eigenvalue weighted by Crippen LogP contribution is -2.44. The van der Waals surface area contributed by atoms with E-state index < -0.39 is 113 Å². The largest absolute Gasteiger partial charge is 0.511 e. The Kier molecular flexibility index (Phi) is 24.2. The molecule has 0 unspecified atom stereocenters. The third kappa shape index (κ3) is 15.9. The van der Waals surface area contributed by atoms with Crippen molar-refractivity contribution in [3.63, 3.8) is 0 Å². The Labute approximate surface area is 570 Å². The normalized spacial score (nSPS) is 38.4. The highest BCUT2D eigenvalue weighted by atomic mass is 16.5. The monoisotopic (exact) mass is 1350 g/mol. The van der Waals surface area contributed by atoms with Gasteiger partial charge in [0.05, 0.1) is 25.2 Å². The van der Waals surface area contributed by atoms with E-state index in [2.05, 4.69) is 98.7 Å². The number of aliphatic carboxylic acids is 2. The Balaban J connectivity index is 0.000000205. The number of Topliss-reactive ketones (excluding diaryl/α,β-unsaturated/α-hetero) is 3. The van der Waals surface area contributed by atoms with Gasteiger partial charge < -0.3 is 61.5 Å². The molecule has 9 rings (SSSR count). The summed E-state index contributed by atoms with van der Waals surface area (Å²) < 4.78 is 4.60. The summed E-state index contributed by atoms with van der Waals surface area (Å²) in [6.45, 7) is 28.4. The Morgan fingerprint density at radius 1 is 0.443 bits per heavy atom. The predicted octanol–water partition coefficient (Wildman–Crippen LogP) is 9.56. The first-order chi connectivity index (χ1) is 45.2. The summed E-state index contributed by atoms with van der Waals surface area (Å²) in [7, 11) is 1.14. The van der Waals surface area contributed by atoms with E-state index in [1.165, 1.54) is 6.92 Å². The van der Waals surface area contributed by atoms with Crippen LogP contribution in [0.4, 0.5) is 0 Å². The Morgan fingerprint density at radius 3 is 0.918 bits per heavy atom. The second-order valence-electron chi connectivity index (χ2n) is 30.8. The van der Waals surface area contributed by atoms with Crippen molar-refractivity contribution < 1.29 is 88.7 Å². The molecule has 0 aromatic heterocycles. The summed E-state index contributed by atoms with van der Waals surface area (Å²) >= 11 is 0. The van der Waals surface area contributed by atoms with E-state index in [9.17, 15) is 84.0 Å². The van der Waals surface area contributed by atoms with Crippen LogP contribution in [0, 0.1) is 107 Å². The third-order valence-electron chi connectivity index (χ3n) is 23.2. The molecule has 0 bridgehead atoms. The summed E-state index contributed by atoms with van der Waals surface area (Å²) in [5.74, 6) is -6.34. The average Bonchev–Trinajstić information content (AvgIpc) is 1.69. The van der Waals surface area contributed by atoms with E-state index in [0.717, 1.165) is 76.2 Å². The minimum atomic E-state index is -2.17. The molecule has 3 saturated heterocycles. The number of aliphatic hydroxyl groups excluding tert-OH is 3. The Bertz CT molecular complexity index is 3260. The zero-order valence-corrected chi connectivity index (χ0v) is 59.3. The van der Waals surface area contributed by atoms with Gasteiger partial charge >= 0.3 is 17.9 Å². The lowest BCUT2D eigenvalue weighted by atomic mass is 9.57. The molecule has 3 saturated carbocycles. The van der Waals surface area contributed by atoms with Gasteiger partial charge in [0.1, 0.15) is 34.0 Å².